The lowest BCUT2D eigenvalue weighted by atomic mass is 9.72. The summed E-state index contributed by atoms with van der Waals surface area (Å²) in [6.07, 6.45) is 7.87. The SMILES string of the molecule is CNC1CCN(CC(c2ccc3ccccc3c2)C2(O)CCCCC2)CC1.Cl.Cl. The molecule has 1 atom stereocenters. The molecule has 2 aromatic carbocycles. The van der Waals surface area contributed by atoms with Crippen molar-refractivity contribution in [1.29, 1.82) is 0 Å². The Labute approximate surface area is 188 Å². The van der Waals surface area contributed by atoms with Crippen LogP contribution in [0, 0.1) is 0 Å². The summed E-state index contributed by atoms with van der Waals surface area (Å²) in [6, 6.07) is 16.0. The number of hydrogen-bond acceptors (Lipinski definition) is 3. The monoisotopic (exact) mass is 438 g/mol. The lowest BCUT2D eigenvalue weighted by molar-refractivity contribution is -0.0326. The summed E-state index contributed by atoms with van der Waals surface area (Å²) in [7, 11) is 2.07. The van der Waals surface area contributed by atoms with Gasteiger partial charge in [-0.3, -0.25) is 0 Å². The van der Waals surface area contributed by atoms with Gasteiger partial charge in [0.2, 0.25) is 0 Å². The molecule has 1 aliphatic heterocycles. The van der Waals surface area contributed by atoms with Crippen LogP contribution in [-0.2, 0) is 0 Å². The number of hydrogen-bond donors (Lipinski definition) is 2. The molecule has 162 valence electrons. The first-order chi connectivity index (χ1) is 13.2. The molecule has 2 fully saturated rings. The zero-order valence-corrected chi connectivity index (χ0v) is 19.1. The van der Waals surface area contributed by atoms with Crippen molar-refractivity contribution in [3.05, 3.63) is 48.0 Å². The van der Waals surface area contributed by atoms with Crippen LogP contribution in [0.4, 0.5) is 0 Å². The lowest BCUT2D eigenvalue weighted by Gasteiger charge is -2.43. The highest BCUT2D eigenvalue weighted by Gasteiger charge is 2.40. The van der Waals surface area contributed by atoms with Gasteiger partial charge < -0.3 is 15.3 Å². The summed E-state index contributed by atoms with van der Waals surface area (Å²) < 4.78 is 0. The van der Waals surface area contributed by atoms with Crippen molar-refractivity contribution in [1.82, 2.24) is 10.2 Å². The van der Waals surface area contributed by atoms with E-state index in [4.69, 9.17) is 0 Å². The van der Waals surface area contributed by atoms with Crippen molar-refractivity contribution < 1.29 is 5.11 Å². The van der Waals surface area contributed by atoms with E-state index in [1.807, 2.05) is 0 Å². The number of fused-ring (bicyclic) bond motifs is 1. The number of benzene rings is 2. The molecule has 2 aromatic rings. The average molecular weight is 439 g/mol. The molecule has 3 nitrogen and oxygen atoms in total. The van der Waals surface area contributed by atoms with Crippen LogP contribution in [0.5, 0.6) is 0 Å². The molecule has 1 unspecified atom stereocenters. The molecule has 2 N–H and O–H groups in total. The van der Waals surface area contributed by atoms with Crippen molar-refractivity contribution in [2.75, 3.05) is 26.7 Å². The van der Waals surface area contributed by atoms with E-state index in [0.717, 1.165) is 45.3 Å². The van der Waals surface area contributed by atoms with Crippen LogP contribution in [0.3, 0.4) is 0 Å². The van der Waals surface area contributed by atoms with Gasteiger partial charge in [-0.1, -0.05) is 61.7 Å². The Balaban J connectivity index is 0.00000150. The average Bonchev–Trinajstić information content (AvgIpc) is 2.72. The van der Waals surface area contributed by atoms with Crippen LogP contribution in [0.15, 0.2) is 42.5 Å². The first-order valence-electron chi connectivity index (χ1n) is 10.8. The van der Waals surface area contributed by atoms with Gasteiger partial charge in [0.25, 0.3) is 0 Å². The standard InChI is InChI=1S/C24H34N2O.2ClH/c1-25-22-11-15-26(16-12-22)18-23(24(27)13-5-2-6-14-24)21-10-9-19-7-3-4-8-20(19)17-21;;/h3-4,7-10,17,22-23,25,27H,2,5-6,11-16,18H2,1H3;2*1H. The molecule has 1 saturated heterocycles. The molecule has 0 aromatic heterocycles. The molecule has 2 aliphatic rings. The highest BCUT2D eigenvalue weighted by atomic mass is 35.5. The van der Waals surface area contributed by atoms with Crippen molar-refractivity contribution in [3.63, 3.8) is 0 Å². The van der Waals surface area contributed by atoms with Gasteiger partial charge in [-0.05, 0) is 62.2 Å². The Hall–Kier alpha value is -0.840. The Bertz CT molecular complexity index is 755. The van der Waals surface area contributed by atoms with Crippen LogP contribution < -0.4 is 5.32 Å². The normalized spacial score (nSPS) is 21.2. The third-order valence-corrected chi connectivity index (χ3v) is 6.98. The number of likely N-dealkylation sites (tertiary alicyclic amines) is 1. The molecule has 1 saturated carbocycles. The van der Waals surface area contributed by atoms with E-state index in [-0.39, 0.29) is 30.7 Å². The number of piperidine rings is 1. The van der Waals surface area contributed by atoms with Gasteiger partial charge >= 0.3 is 0 Å². The Kier molecular flexibility index (Phi) is 9.24. The summed E-state index contributed by atoms with van der Waals surface area (Å²) in [4.78, 5) is 2.58. The Morgan fingerprint density at radius 2 is 1.66 bits per heavy atom. The molecule has 1 heterocycles. The van der Waals surface area contributed by atoms with Crippen molar-refractivity contribution in [3.8, 4) is 0 Å². The lowest BCUT2D eigenvalue weighted by Crippen LogP contribution is -2.48. The second-order valence-electron chi connectivity index (χ2n) is 8.69. The fourth-order valence-electron chi connectivity index (χ4n) is 5.19. The second kappa shape index (κ2) is 11.0. The van der Waals surface area contributed by atoms with Crippen molar-refractivity contribution >= 4 is 35.6 Å². The quantitative estimate of drug-likeness (QED) is 0.677. The van der Waals surface area contributed by atoms with E-state index in [2.05, 4.69) is 59.7 Å². The van der Waals surface area contributed by atoms with Crippen LogP contribution >= 0.6 is 24.8 Å². The summed E-state index contributed by atoms with van der Waals surface area (Å²) in [5.74, 6) is 0.202. The predicted octanol–water partition coefficient (Wildman–Crippen LogP) is 5.15. The largest absolute Gasteiger partial charge is 0.389 e. The van der Waals surface area contributed by atoms with E-state index in [1.165, 1.54) is 35.6 Å². The third-order valence-electron chi connectivity index (χ3n) is 6.98. The van der Waals surface area contributed by atoms with E-state index < -0.39 is 5.60 Å². The topological polar surface area (TPSA) is 35.5 Å². The molecule has 0 amide bonds. The summed E-state index contributed by atoms with van der Waals surface area (Å²) in [6.45, 7) is 3.24. The molecule has 5 heteroatoms. The number of halogens is 2. The second-order valence-corrected chi connectivity index (χ2v) is 8.69. The molecular weight excluding hydrogens is 403 g/mol. The smallest absolute Gasteiger partial charge is 0.0728 e. The predicted molar refractivity (Wildman–Crippen MR) is 128 cm³/mol. The number of rotatable bonds is 5. The number of aliphatic hydroxyl groups is 1. The number of nitrogens with zero attached hydrogens (tertiary/aromatic N) is 1. The zero-order chi connectivity index (χ0) is 18.7. The first kappa shape index (κ1) is 24.4. The van der Waals surface area contributed by atoms with Gasteiger partial charge in [0.05, 0.1) is 5.60 Å². The fourth-order valence-corrected chi connectivity index (χ4v) is 5.19. The molecule has 0 bridgehead atoms. The van der Waals surface area contributed by atoms with Crippen molar-refractivity contribution in [2.45, 2.75) is 62.5 Å². The fraction of sp³-hybridized carbons (Fsp3) is 0.583. The maximum atomic E-state index is 11.6. The van der Waals surface area contributed by atoms with Crippen LogP contribution in [-0.4, -0.2) is 48.3 Å². The van der Waals surface area contributed by atoms with Crippen molar-refractivity contribution in [2.24, 2.45) is 0 Å². The molecule has 1 aliphatic carbocycles. The van der Waals surface area contributed by atoms with E-state index in [9.17, 15) is 5.11 Å². The molecule has 0 radical (unpaired) electrons. The zero-order valence-electron chi connectivity index (χ0n) is 17.5. The van der Waals surface area contributed by atoms with Gasteiger partial charge in [-0.15, -0.1) is 24.8 Å². The molecular formula is C24H36Cl2N2O. The maximum Gasteiger partial charge on any atom is 0.0728 e. The van der Waals surface area contributed by atoms with Crippen LogP contribution in [0.25, 0.3) is 10.8 Å². The highest BCUT2D eigenvalue weighted by molar-refractivity contribution is 5.85. The molecule has 4 rings (SSSR count). The van der Waals surface area contributed by atoms with E-state index in [0.29, 0.717) is 6.04 Å². The minimum absolute atomic E-state index is 0. The third kappa shape index (κ3) is 5.65. The van der Waals surface area contributed by atoms with E-state index >= 15 is 0 Å². The van der Waals surface area contributed by atoms with Gasteiger partial charge in [-0.25, -0.2) is 0 Å². The first-order valence-corrected chi connectivity index (χ1v) is 10.8. The number of nitrogens with one attached hydrogen (secondary N) is 1. The molecule has 0 spiro atoms. The summed E-state index contributed by atoms with van der Waals surface area (Å²) >= 11 is 0. The summed E-state index contributed by atoms with van der Waals surface area (Å²) in [5, 5.41) is 17.6. The van der Waals surface area contributed by atoms with Gasteiger partial charge in [0, 0.05) is 18.5 Å². The van der Waals surface area contributed by atoms with Crippen LogP contribution in [0.2, 0.25) is 0 Å². The molecule has 29 heavy (non-hydrogen) atoms. The van der Waals surface area contributed by atoms with Crippen LogP contribution in [0.1, 0.15) is 56.4 Å². The minimum atomic E-state index is -0.555. The van der Waals surface area contributed by atoms with Gasteiger partial charge in [0.15, 0.2) is 0 Å². The van der Waals surface area contributed by atoms with Gasteiger partial charge in [0.1, 0.15) is 0 Å². The Morgan fingerprint density at radius 3 is 2.31 bits per heavy atom. The highest BCUT2D eigenvalue weighted by Crippen LogP contribution is 2.41. The summed E-state index contributed by atoms with van der Waals surface area (Å²) in [5.41, 5.74) is 0.759. The maximum absolute atomic E-state index is 11.6. The minimum Gasteiger partial charge on any atom is -0.389 e. The van der Waals surface area contributed by atoms with E-state index in [1.54, 1.807) is 0 Å². The Morgan fingerprint density at radius 1 is 1.00 bits per heavy atom. The van der Waals surface area contributed by atoms with Gasteiger partial charge in [-0.2, -0.15) is 0 Å².